The van der Waals surface area contributed by atoms with Crippen LogP contribution in [0.1, 0.15) is 12.0 Å². The van der Waals surface area contributed by atoms with Gasteiger partial charge in [0.2, 0.25) is 0 Å². The summed E-state index contributed by atoms with van der Waals surface area (Å²) in [7, 11) is 3.36. The second-order valence-electron chi connectivity index (χ2n) is 5.51. The number of carbonyl (C=O) groups excluding carboxylic acids is 1. The number of anilines is 1. The zero-order valence-corrected chi connectivity index (χ0v) is 16.0. The van der Waals surface area contributed by atoms with E-state index >= 15 is 0 Å². The Morgan fingerprint density at radius 1 is 1.25 bits per heavy atom. The first-order valence-electron chi connectivity index (χ1n) is 7.61. The third-order valence-electron chi connectivity index (χ3n) is 3.40. The summed E-state index contributed by atoms with van der Waals surface area (Å²) in [6.07, 6.45) is 1.81. The Kier molecular flexibility index (Phi) is 6.94. The van der Waals surface area contributed by atoms with E-state index in [0.717, 1.165) is 17.3 Å². The number of aryl methyl sites for hydroxylation is 1. The van der Waals surface area contributed by atoms with Gasteiger partial charge >= 0.3 is 6.03 Å². The largest absolute Gasteiger partial charge is 0.492 e. The normalized spacial score (nSPS) is 10.3. The van der Waals surface area contributed by atoms with Crippen LogP contribution in [0.5, 0.6) is 5.75 Å². The van der Waals surface area contributed by atoms with Gasteiger partial charge in [-0.25, -0.2) is 4.79 Å². The molecule has 0 radical (unpaired) electrons. The lowest BCUT2D eigenvalue weighted by atomic mass is 10.1. The summed E-state index contributed by atoms with van der Waals surface area (Å²) in [5, 5.41) is 3.23. The SMILES string of the molecule is CN(C)C(=O)Nc1ccc(OCCCc2ccccc2Br)c(Cl)c1. The van der Waals surface area contributed by atoms with E-state index in [4.69, 9.17) is 16.3 Å². The molecule has 0 saturated carbocycles. The standard InChI is InChI=1S/C18H20BrClN2O2/c1-22(2)18(23)21-14-9-10-17(16(20)12-14)24-11-5-7-13-6-3-4-8-15(13)19/h3-4,6,8-10,12H,5,7,11H2,1-2H3,(H,21,23). The van der Waals surface area contributed by atoms with Crippen LogP contribution < -0.4 is 10.1 Å². The fourth-order valence-corrected chi connectivity index (χ4v) is 2.79. The first kappa shape index (κ1) is 18.6. The summed E-state index contributed by atoms with van der Waals surface area (Å²) in [6.45, 7) is 0.574. The topological polar surface area (TPSA) is 41.6 Å². The van der Waals surface area contributed by atoms with Crippen LogP contribution in [0.3, 0.4) is 0 Å². The molecule has 0 bridgehead atoms. The minimum Gasteiger partial charge on any atom is -0.492 e. The van der Waals surface area contributed by atoms with Crippen LogP contribution in [-0.4, -0.2) is 31.6 Å². The highest BCUT2D eigenvalue weighted by Crippen LogP contribution is 2.28. The first-order valence-corrected chi connectivity index (χ1v) is 8.78. The molecule has 6 heteroatoms. The monoisotopic (exact) mass is 410 g/mol. The molecule has 0 aliphatic heterocycles. The van der Waals surface area contributed by atoms with Crippen LogP contribution in [0.25, 0.3) is 0 Å². The van der Waals surface area contributed by atoms with Crippen molar-refractivity contribution in [3.8, 4) is 5.75 Å². The smallest absolute Gasteiger partial charge is 0.321 e. The number of nitrogens with one attached hydrogen (secondary N) is 1. The number of urea groups is 1. The summed E-state index contributed by atoms with van der Waals surface area (Å²) >= 11 is 9.76. The lowest BCUT2D eigenvalue weighted by Gasteiger charge is -2.13. The van der Waals surface area contributed by atoms with E-state index in [1.165, 1.54) is 10.5 Å². The molecule has 2 rings (SSSR count). The van der Waals surface area contributed by atoms with E-state index in [-0.39, 0.29) is 6.03 Å². The minimum atomic E-state index is -0.201. The molecular formula is C18H20BrClN2O2. The lowest BCUT2D eigenvalue weighted by Crippen LogP contribution is -2.27. The number of nitrogens with zero attached hydrogens (tertiary/aromatic N) is 1. The van der Waals surface area contributed by atoms with Crippen LogP contribution in [0.2, 0.25) is 5.02 Å². The molecular weight excluding hydrogens is 392 g/mol. The minimum absolute atomic E-state index is 0.201. The predicted octanol–water partition coefficient (Wildman–Crippen LogP) is 5.21. The molecule has 0 saturated heterocycles. The van der Waals surface area contributed by atoms with Gasteiger partial charge in [0.05, 0.1) is 11.6 Å². The Hall–Kier alpha value is -1.72. The fourth-order valence-electron chi connectivity index (χ4n) is 2.08. The molecule has 2 aromatic carbocycles. The Morgan fingerprint density at radius 3 is 2.67 bits per heavy atom. The summed E-state index contributed by atoms with van der Waals surface area (Å²) < 4.78 is 6.85. The zero-order chi connectivity index (χ0) is 17.5. The Bertz CT molecular complexity index is 707. The van der Waals surface area contributed by atoms with Crippen molar-refractivity contribution < 1.29 is 9.53 Å². The van der Waals surface area contributed by atoms with Gasteiger partial charge in [-0.05, 0) is 42.7 Å². The van der Waals surface area contributed by atoms with Crippen molar-refractivity contribution in [3.63, 3.8) is 0 Å². The predicted molar refractivity (Wildman–Crippen MR) is 102 cm³/mol. The van der Waals surface area contributed by atoms with Crippen molar-refractivity contribution in [2.75, 3.05) is 26.0 Å². The van der Waals surface area contributed by atoms with Crippen molar-refractivity contribution in [1.82, 2.24) is 4.90 Å². The van der Waals surface area contributed by atoms with Gasteiger partial charge in [0.25, 0.3) is 0 Å². The van der Waals surface area contributed by atoms with Crippen LogP contribution in [-0.2, 0) is 6.42 Å². The number of hydrogen-bond acceptors (Lipinski definition) is 2. The number of benzene rings is 2. The van der Waals surface area contributed by atoms with Crippen LogP contribution in [0, 0.1) is 0 Å². The Labute approximate surface area is 155 Å². The van der Waals surface area contributed by atoms with Crippen LogP contribution in [0.15, 0.2) is 46.9 Å². The molecule has 2 amide bonds. The van der Waals surface area contributed by atoms with E-state index in [0.29, 0.717) is 23.1 Å². The van der Waals surface area contributed by atoms with Gasteiger partial charge in [-0.2, -0.15) is 0 Å². The first-order chi connectivity index (χ1) is 11.5. The maximum atomic E-state index is 11.6. The van der Waals surface area contributed by atoms with Crippen molar-refractivity contribution >= 4 is 39.2 Å². The van der Waals surface area contributed by atoms with Gasteiger partial charge in [0.1, 0.15) is 5.75 Å². The number of carbonyl (C=O) groups is 1. The molecule has 2 aromatic rings. The van der Waals surface area contributed by atoms with Gasteiger partial charge in [-0.1, -0.05) is 45.7 Å². The van der Waals surface area contributed by atoms with Crippen molar-refractivity contribution in [1.29, 1.82) is 0 Å². The zero-order valence-electron chi connectivity index (χ0n) is 13.7. The highest BCUT2D eigenvalue weighted by atomic mass is 79.9. The fraction of sp³-hybridized carbons (Fsp3) is 0.278. The maximum absolute atomic E-state index is 11.6. The molecule has 0 heterocycles. The summed E-state index contributed by atoms with van der Waals surface area (Å²) in [6, 6.07) is 13.2. The van der Waals surface area contributed by atoms with Crippen LogP contribution >= 0.6 is 27.5 Å². The molecule has 4 nitrogen and oxygen atoms in total. The van der Waals surface area contributed by atoms with Gasteiger partial charge in [-0.3, -0.25) is 0 Å². The molecule has 0 unspecified atom stereocenters. The van der Waals surface area contributed by atoms with E-state index in [2.05, 4.69) is 27.3 Å². The van der Waals surface area contributed by atoms with Crippen molar-refractivity contribution in [2.24, 2.45) is 0 Å². The third kappa shape index (κ3) is 5.42. The number of amides is 2. The van der Waals surface area contributed by atoms with Gasteiger partial charge in [-0.15, -0.1) is 0 Å². The van der Waals surface area contributed by atoms with E-state index in [1.807, 2.05) is 18.2 Å². The van der Waals surface area contributed by atoms with Crippen LogP contribution in [0.4, 0.5) is 10.5 Å². The Balaban J connectivity index is 1.85. The van der Waals surface area contributed by atoms with Crippen molar-refractivity contribution in [2.45, 2.75) is 12.8 Å². The molecule has 0 spiro atoms. The van der Waals surface area contributed by atoms with Gasteiger partial charge < -0.3 is 15.0 Å². The van der Waals surface area contributed by atoms with E-state index < -0.39 is 0 Å². The average Bonchev–Trinajstić information content (AvgIpc) is 2.54. The number of rotatable bonds is 6. The molecule has 0 aliphatic carbocycles. The number of hydrogen-bond donors (Lipinski definition) is 1. The molecule has 1 N–H and O–H groups in total. The molecule has 0 fully saturated rings. The Morgan fingerprint density at radius 2 is 2.00 bits per heavy atom. The number of halogens is 2. The van der Waals surface area contributed by atoms with Gasteiger partial charge in [0.15, 0.2) is 0 Å². The molecule has 128 valence electrons. The molecule has 0 atom stereocenters. The van der Waals surface area contributed by atoms with E-state index in [1.54, 1.807) is 32.3 Å². The number of ether oxygens (including phenoxy) is 1. The maximum Gasteiger partial charge on any atom is 0.321 e. The average molecular weight is 412 g/mol. The second kappa shape index (κ2) is 8.94. The molecule has 0 aromatic heterocycles. The summed E-state index contributed by atoms with van der Waals surface area (Å²) in [5.41, 5.74) is 1.90. The lowest BCUT2D eigenvalue weighted by molar-refractivity contribution is 0.230. The quantitative estimate of drug-likeness (QED) is 0.663. The highest BCUT2D eigenvalue weighted by Gasteiger charge is 2.07. The summed E-state index contributed by atoms with van der Waals surface area (Å²) in [4.78, 5) is 13.1. The molecule has 0 aliphatic rings. The van der Waals surface area contributed by atoms with Crippen molar-refractivity contribution in [3.05, 3.63) is 57.5 Å². The van der Waals surface area contributed by atoms with E-state index in [9.17, 15) is 4.79 Å². The summed E-state index contributed by atoms with van der Waals surface area (Å²) in [5.74, 6) is 0.617. The highest BCUT2D eigenvalue weighted by molar-refractivity contribution is 9.10. The third-order valence-corrected chi connectivity index (χ3v) is 4.46. The second-order valence-corrected chi connectivity index (χ2v) is 6.77. The van der Waals surface area contributed by atoms with Gasteiger partial charge in [0, 0.05) is 24.3 Å². The molecule has 24 heavy (non-hydrogen) atoms.